The second kappa shape index (κ2) is 7.05. The maximum Gasteiger partial charge on any atom is 0.339 e. The van der Waals surface area contributed by atoms with Gasteiger partial charge >= 0.3 is 5.97 Å². The molecular formula is C18H18FNO3. The van der Waals surface area contributed by atoms with Gasteiger partial charge in [-0.25, -0.2) is 9.18 Å². The summed E-state index contributed by atoms with van der Waals surface area (Å²) in [5, 5.41) is 2.67. The summed E-state index contributed by atoms with van der Waals surface area (Å²) in [6.07, 6.45) is -0.993. The fourth-order valence-electron chi connectivity index (χ4n) is 1.97. The number of aryl methyl sites for hydroxylation is 2. The molecule has 0 unspecified atom stereocenters. The number of hydrogen-bond donors (Lipinski definition) is 1. The Morgan fingerprint density at radius 2 is 1.87 bits per heavy atom. The minimum Gasteiger partial charge on any atom is -0.449 e. The quantitative estimate of drug-likeness (QED) is 0.877. The van der Waals surface area contributed by atoms with Gasteiger partial charge in [-0.05, 0) is 56.2 Å². The highest BCUT2D eigenvalue weighted by atomic mass is 19.1. The van der Waals surface area contributed by atoms with Gasteiger partial charge in [-0.1, -0.05) is 18.2 Å². The Balaban J connectivity index is 2.00. The van der Waals surface area contributed by atoms with Gasteiger partial charge in [0.1, 0.15) is 5.82 Å². The topological polar surface area (TPSA) is 55.4 Å². The molecule has 2 aromatic rings. The van der Waals surface area contributed by atoms with Gasteiger partial charge in [0.2, 0.25) is 0 Å². The van der Waals surface area contributed by atoms with Crippen LogP contribution in [-0.4, -0.2) is 18.0 Å². The van der Waals surface area contributed by atoms with Gasteiger partial charge in [-0.3, -0.25) is 4.79 Å². The lowest BCUT2D eigenvalue weighted by Gasteiger charge is -2.14. The van der Waals surface area contributed by atoms with E-state index >= 15 is 0 Å². The molecule has 0 aromatic heterocycles. The van der Waals surface area contributed by atoms with Gasteiger partial charge in [0.25, 0.3) is 5.91 Å². The molecular weight excluding hydrogens is 297 g/mol. The molecule has 0 bridgehead atoms. The third-order valence-corrected chi connectivity index (χ3v) is 3.35. The molecule has 1 N–H and O–H groups in total. The second-order valence-electron chi connectivity index (χ2n) is 5.37. The zero-order valence-corrected chi connectivity index (χ0v) is 13.2. The summed E-state index contributed by atoms with van der Waals surface area (Å²) in [5.41, 5.74) is 2.14. The predicted molar refractivity (Wildman–Crippen MR) is 85.8 cm³/mol. The molecule has 4 nitrogen and oxygen atoms in total. The van der Waals surface area contributed by atoms with Crippen molar-refractivity contribution in [3.8, 4) is 0 Å². The number of benzene rings is 2. The van der Waals surface area contributed by atoms with Crippen molar-refractivity contribution in [2.75, 3.05) is 5.32 Å². The molecule has 0 radical (unpaired) electrons. The van der Waals surface area contributed by atoms with Crippen molar-refractivity contribution in [3.63, 3.8) is 0 Å². The Morgan fingerprint density at radius 3 is 2.52 bits per heavy atom. The van der Waals surface area contributed by atoms with Crippen LogP contribution in [0.3, 0.4) is 0 Å². The van der Waals surface area contributed by atoms with E-state index in [0.717, 1.165) is 11.6 Å². The van der Waals surface area contributed by atoms with Crippen LogP contribution in [0.1, 0.15) is 28.4 Å². The zero-order valence-electron chi connectivity index (χ0n) is 13.2. The molecule has 0 aliphatic carbocycles. The third-order valence-electron chi connectivity index (χ3n) is 3.35. The molecule has 5 heteroatoms. The van der Waals surface area contributed by atoms with Crippen molar-refractivity contribution < 1.29 is 18.7 Å². The van der Waals surface area contributed by atoms with Gasteiger partial charge in [0.05, 0.1) is 5.56 Å². The zero-order chi connectivity index (χ0) is 17.0. The van der Waals surface area contributed by atoms with Crippen LogP contribution in [-0.2, 0) is 9.53 Å². The Labute approximate surface area is 134 Å². The number of rotatable bonds is 4. The van der Waals surface area contributed by atoms with E-state index in [1.807, 2.05) is 25.1 Å². The highest BCUT2D eigenvalue weighted by Gasteiger charge is 2.19. The molecule has 120 valence electrons. The molecule has 2 aromatic carbocycles. The molecule has 0 aliphatic heterocycles. The van der Waals surface area contributed by atoms with E-state index in [0.29, 0.717) is 11.3 Å². The molecule has 23 heavy (non-hydrogen) atoms. The van der Waals surface area contributed by atoms with Gasteiger partial charge in [0, 0.05) is 5.69 Å². The molecule has 1 atom stereocenters. The summed E-state index contributed by atoms with van der Waals surface area (Å²) in [4.78, 5) is 24.0. The molecule has 0 saturated heterocycles. The summed E-state index contributed by atoms with van der Waals surface area (Å²) in [5.74, 6) is -1.68. The summed E-state index contributed by atoms with van der Waals surface area (Å²) in [6.45, 7) is 4.97. The van der Waals surface area contributed by atoms with Crippen LogP contribution in [0.4, 0.5) is 10.1 Å². The van der Waals surface area contributed by atoms with E-state index in [2.05, 4.69) is 5.32 Å². The van der Waals surface area contributed by atoms with Crippen LogP contribution in [0.5, 0.6) is 0 Å². The normalized spacial score (nSPS) is 11.7. The van der Waals surface area contributed by atoms with Crippen LogP contribution in [0.25, 0.3) is 0 Å². The number of carbonyl (C=O) groups excluding carboxylic acids is 2. The summed E-state index contributed by atoms with van der Waals surface area (Å²) in [6, 6.07) is 11.3. The SMILES string of the molecule is Cc1cccc(NC(=O)[C@H](C)OC(=O)c2ccc(C)c(F)c2)c1. The lowest BCUT2D eigenvalue weighted by Crippen LogP contribution is -2.30. The molecule has 1 amide bonds. The molecule has 0 spiro atoms. The molecule has 0 aliphatic rings. The number of anilines is 1. The van der Waals surface area contributed by atoms with E-state index in [1.54, 1.807) is 13.0 Å². The molecule has 0 heterocycles. The van der Waals surface area contributed by atoms with Crippen molar-refractivity contribution in [3.05, 3.63) is 65.0 Å². The minimum absolute atomic E-state index is 0.0725. The fourth-order valence-corrected chi connectivity index (χ4v) is 1.97. The lowest BCUT2D eigenvalue weighted by atomic mass is 10.1. The highest BCUT2D eigenvalue weighted by Crippen LogP contribution is 2.13. The summed E-state index contributed by atoms with van der Waals surface area (Å²) in [7, 11) is 0. The molecule has 2 rings (SSSR count). The van der Waals surface area contributed by atoms with Crippen LogP contribution in [0.2, 0.25) is 0 Å². The first-order valence-corrected chi connectivity index (χ1v) is 7.21. The number of carbonyl (C=O) groups is 2. The average Bonchev–Trinajstić information content (AvgIpc) is 2.49. The van der Waals surface area contributed by atoms with E-state index < -0.39 is 23.8 Å². The predicted octanol–water partition coefficient (Wildman–Crippen LogP) is 3.63. The third kappa shape index (κ3) is 4.39. The van der Waals surface area contributed by atoms with Gasteiger partial charge in [-0.2, -0.15) is 0 Å². The van der Waals surface area contributed by atoms with Crippen LogP contribution < -0.4 is 5.32 Å². The smallest absolute Gasteiger partial charge is 0.339 e. The van der Waals surface area contributed by atoms with E-state index in [4.69, 9.17) is 4.74 Å². The van der Waals surface area contributed by atoms with Crippen molar-refractivity contribution in [1.82, 2.24) is 0 Å². The van der Waals surface area contributed by atoms with Crippen LogP contribution in [0, 0.1) is 19.7 Å². The Kier molecular flexibility index (Phi) is 5.11. The number of ether oxygens (including phenoxy) is 1. The Morgan fingerprint density at radius 1 is 1.13 bits per heavy atom. The van der Waals surface area contributed by atoms with Crippen LogP contribution in [0.15, 0.2) is 42.5 Å². The van der Waals surface area contributed by atoms with Gasteiger partial charge < -0.3 is 10.1 Å². The van der Waals surface area contributed by atoms with Crippen molar-refractivity contribution >= 4 is 17.6 Å². The molecule has 0 fully saturated rings. The number of halogens is 1. The second-order valence-corrected chi connectivity index (χ2v) is 5.37. The van der Waals surface area contributed by atoms with Crippen molar-refractivity contribution in [2.45, 2.75) is 26.9 Å². The number of esters is 1. The summed E-state index contributed by atoms with van der Waals surface area (Å²) < 4.78 is 18.6. The largest absolute Gasteiger partial charge is 0.449 e. The lowest BCUT2D eigenvalue weighted by molar-refractivity contribution is -0.123. The monoisotopic (exact) mass is 315 g/mol. The van der Waals surface area contributed by atoms with E-state index in [1.165, 1.54) is 19.1 Å². The fraction of sp³-hybridized carbons (Fsp3) is 0.222. The highest BCUT2D eigenvalue weighted by molar-refractivity contribution is 5.97. The Hall–Kier alpha value is -2.69. The first-order valence-electron chi connectivity index (χ1n) is 7.21. The Bertz CT molecular complexity index is 743. The first kappa shape index (κ1) is 16.7. The number of amides is 1. The molecule has 0 saturated carbocycles. The van der Waals surface area contributed by atoms with E-state index in [9.17, 15) is 14.0 Å². The van der Waals surface area contributed by atoms with Crippen molar-refractivity contribution in [1.29, 1.82) is 0 Å². The standard InChI is InChI=1S/C18H18FNO3/c1-11-5-4-6-15(9-11)20-17(21)13(3)23-18(22)14-8-7-12(2)16(19)10-14/h4-10,13H,1-3H3,(H,20,21)/t13-/m0/s1. The van der Waals surface area contributed by atoms with E-state index in [-0.39, 0.29) is 5.56 Å². The first-order chi connectivity index (χ1) is 10.9. The van der Waals surface area contributed by atoms with Crippen LogP contribution >= 0.6 is 0 Å². The van der Waals surface area contributed by atoms with Gasteiger partial charge in [0.15, 0.2) is 6.10 Å². The maximum atomic E-state index is 13.5. The number of hydrogen-bond acceptors (Lipinski definition) is 3. The minimum atomic E-state index is -0.993. The van der Waals surface area contributed by atoms with Crippen molar-refractivity contribution in [2.24, 2.45) is 0 Å². The average molecular weight is 315 g/mol. The van der Waals surface area contributed by atoms with Gasteiger partial charge in [-0.15, -0.1) is 0 Å². The number of nitrogens with one attached hydrogen (secondary N) is 1. The summed E-state index contributed by atoms with van der Waals surface area (Å²) >= 11 is 0. The maximum absolute atomic E-state index is 13.5.